The van der Waals surface area contributed by atoms with E-state index in [1.807, 2.05) is 10.9 Å². The van der Waals surface area contributed by atoms with E-state index >= 15 is 0 Å². The lowest BCUT2D eigenvalue weighted by Gasteiger charge is -2.13. The molecule has 1 atom stereocenters. The van der Waals surface area contributed by atoms with Gasteiger partial charge in [-0.25, -0.2) is 0 Å². The maximum Gasteiger partial charge on any atom is 0.0698 e. The first-order chi connectivity index (χ1) is 7.72. The number of hydrogen-bond donors (Lipinski definition) is 2. The molecule has 6 heteroatoms. The van der Waals surface area contributed by atoms with Crippen molar-refractivity contribution in [3.63, 3.8) is 0 Å². The van der Waals surface area contributed by atoms with Crippen molar-refractivity contribution in [1.29, 1.82) is 0 Å². The SMILES string of the molecule is CC(Cn1cc(Br)cn1)NCCOCCO. The van der Waals surface area contributed by atoms with Crippen molar-refractivity contribution in [1.82, 2.24) is 15.1 Å². The van der Waals surface area contributed by atoms with Crippen molar-refractivity contribution < 1.29 is 9.84 Å². The highest BCUT2D eigenvalue weighted by Gasteiger charge is 2.03. The van der Waals surface area contributed by atoms with E-state index in [9.17, 15) is 0 Å². The Morgan fingerprint density at radius 2 is 2.44 bits per heavy atom. The Morgan fingerprint density at radius 1 is 1.62 bits per heavy atom. The van der Waals surface area contributed by atoms with Gasteiger partial charge in [0, 0.05) is 18.8 Å². The van der Waals surface area contributed by atoms with Gasteiger partial charge in [-0.3, -0.25) is 4.68 Å². The predicted molar refractivity (Wildman–Crippen MR) is 65.3 cm³/mol. The lowest BCUT2D eigenvalue weighted by atomic mass is 10.3. The molecule has 0 aliphatic heterocycles. The highest BCUT2D eigenvalue weighted by Crippen LogP contribution is 2.06. The van der Waals surface area contributed by atoms with Crippen LogP contribution >= 0.6 is 15.9 Å². The molecule has 1 aromatic heterocycles. The summed E-state index contributed by atoms with van der Waals surface area (Å²) in [6.07, 6.45) is 3.72. The van der Waals surface area contributed by atoms with Crippen LogP contribution in [0.3, 0.4) is 0 Å². The molecule has 5 nitrogen and oxygen atoms in total. The van der Waals surface area contributed by atoms with Gasteiger partial charge in [-0.2, -0.15) is 5.10 Å². The monoisotopic (exact) mass is 291 g/mol. The van der Waals surface area contributed by atoms with Gasteiger partial charge in [-0.15, -0.1) is 0 Å². The molecule has 16 heavy (non-hydrogen) atoms. The predicted octanol–water partition coefficient (Wildman–Crippen LogP) is 0.633. The molecule has 1 unspecified atom stereocenters. The van der Waals surface area contributed by atoms with Crippen LogP contribution in [0.5, 0.6) is 0 Å². The standard InChI is InChI=1S/C10H18BrN3O2/c1-9(12-2-4-16-5-3-15)7-14-8-10(11)6-13-14/h6,8-9,12,15H,2-5,7H2,1H3. The van der Waals surface area contributed by atoms with Gasteiger partial charge in [0.2, 0.25) is 0 Å². The maximum absolute atomic E-state index is 8.51. The number of hydrogen-bond acceptors (Lipinski definition) is 4. The average molecular weight is 292 g/mol. The molecule has 0 saturated heterocycles. The van der Waals surface area contributed by atoms with Crippen molar-refractivity contribution in [2.75, 3.05) is 26.4 Å². The summed E-state index contributed by atoms with van der Waals surface area (Å²) < 4.78 is 8.02. The zero-order chi connectivity index (χ0) is 11.8. The first-order valence-electron chi connectivity index (χ1n) is 5.32. The average Bonchev–Trinajstić information content (AvgIpc) is 2.63. The van der Waals surface area contributed by atoms with Crippen molar-refractivity contribution in [3.05, 3.63) is 16.9 Å². The Labute approximate surface area is 104 Å². The highest BCUT2D eigenvalue weighted by atomic mass is 79.9. The molecule has 0 aromatic carbocycles. The summed E-state index contributed by atoms with van der Waals surface area (Å²) in [6, 6.07) is 0.338. The Bertz CT molecular complexity index is 293. The third-order valence-corrected chi connectivity index (χ3v) is 2.45. The Kier molecular flexibility index (Phi) is 6.63. The summed E-state index contributed by atoms with van der Waals surface area (Å²) in [5.41, 5.74) is 0. The van der Waals surface area contributed by atoms with E-state index in [2.05, 4.69) is 33.3 Å². The van der Waals surface area contributed by atoms with Crippen LogP contribution in [0.4, 0.5) is 0 Å². The van der Waals surface area contributed by atoms with Gasteiger partial charge >= 0.3 is 0 Å². The second kappa shape index (κ2) is 7.78. The van der Waals surface area contributed by atoms with E-state index in [0.29, 0.717) is 19.3 Å². The third kappa shape index (κ3) is 5.60. The number of aliphatic hydroxyl groups excluding tert-OH is 1. The minimum absolute atomic E-state index is 0.0802. The second-order valence-electron chi connectivity index (χ2n) is 3.57. The van der Waals surface area contributed by atoms with Gasteiger partial charge < -0.3 is 15.2 Å². The summed E-state index contributed by atoms with van der Waals surface area (Å²) in [4.78, 5) is 0. The lowest BCUT2D eigenvalue weighted by Crippen LogP contribution is -2.33. The quantitative estimate of drug-likeness (QED) is 0.690. The van der Waals surface area contributed by atoms with Crippen LogP contribution in [0.25, 0.3) is 0 Å². The molecule has 0 amide bonds. The fourth-order valence-corrected chi connectivity index (χ4v) is 1.66. The second-order valence-corrected chi connectivity index (χ2v) is 4.49. The van der Waals surface area contributed by atoms with Crippen LogP contribution in [0, 0.1) is 0 Å². The summed E-state index contributed by atoms with van der Waals surface area (Å²) in [5, 5.41) is 16.0. The van der Waals surface area contributed by atoms with E-state index in [1.165, 1.54) is 0 Å². The van der Waals surface area contributed by atoms with Crippen molar-refractivity contribution >= 4 is 15.9 Å². The number of halogens is 1. The van der Waals surface area contributed by atoms with Crippen LogP contribution in [-0.2, 0) is 11.3 Å². The minimum Gasteiger partial charge on any atom is -0.394 e. The van der Waals surface area contributed by atoms with Crippen molar-refractivity contribution in [3.8, 4) is 0 Å². The summed E-state index contributed by atoms with van der Waals surface area (Å²) >= 11 is 3.36. The summed E-state index contributed by atoms with van der Waals surface area (Å²) in [7, 11) is 0. The molecule has 0 aliphatic carbocycles. The normalized spacial score (nSPS) is 12.9. The number of ether oxygens (including phenoxy) is 1. The largest absolute Gasteiger partial charge is 0.394 e. The molecule has 1 rings (SSSR count). The van der Waals surface area contributed by atoms with Gasteiger partial charge in [0.1, 0.15) is 0 Å². The molecule has 1 aromatic rings. The molecule has 1 heterocycles. The fourth-order valence-electron chi connectivity index (χ4n) is 1.33. The smallest absolute Gasteiger partial charge is 0.0698 e. The molecule has 92 valence electrons. The van der Waals surface area contributed by atoms with E-state index in [4.69, 9.17) is 9.84 Å². The van der Waals surface area contributed by atoms with Crippen molar-refractivity contribution in [2.24, 2.45) is 0 Å². The first kappa shape index (κ1) is 13.6. The fraction of sp³-hybridized carbons (Fsp3) is 0.700. The molecule has 0 bridgehead atoms. The molecule has 0 aliphatic rings. The number of nitrogens with one attached hydrogen (secondary N) is 1. The number of aromatic nitrogens is 2. The van der Waals surface area contributed by atoms with E-state index in [0.717, 1.165) is 17.6 Å². The van der Waals surface area contributed by atoms with Crippen LogP contribution < -0.4 is 5.32 Å². The van der Waals surface area contributed by atoms with Crippen LogP contribution in [0.2, 0.25) is 0 Å². The van der Waals surface area contributed by atoms with Crippen LogP contribution in [0.15, 0.2) is 16.9 Å². The molecular weight excluding hydrogens is 274 g/mol. The van der Waals surface area contributed by atoms with E-state index in [-0.39, 0.29) is 6.61 Å². The van der Waals surface area contributed by atoms with Gasteiger partial charge in [0.25, 0.3) is 0 Å². The molecule has 2 N–H and O–H groups in total. The molecule has 0 saturated carbocycles. The van der Waals surface area contributed by atoms with Crippen LogP contribution in [0.1, 0.15) is 6.92 Å². The molecular formula is C10H18BrN3O2. The zero-order valence-electron chi connectivity index (χ0n) is 9.40. The van der Waals surface area contributed by atoms with Gasteiger partial charge in [-0.05, 0) is 22.9 Å². The lowest BCUT2D eigenvalue weighted by molar-refractivity contribution is 0.0925. The maximum atomic E-state index is 8.51. The number of nitrogens with zero attached hydrogens (tertiary/aromatic N) is 2. The van der Waals surface area contributed by atoms with Gasteiger partial charge in [-0.1, -0.05) is 0 Å². The zero-order valence-corrected chi connectivity index (χ0v) is 11.0. The van der Waals surface area contributed by atoms with E-state index in [1.54, 1.807) is 6.20 Å². The van der Waals surface area contributed by atoms with E-state index < -0.39 is 0 Å². The highest BCUT2D eigenvalue weighted by molar-refractivity contribution is 9.10. The summed E-state index contributed by atoms with van der Waals surface area (Å²) in [5.74, 6) is 0. The Balaban J connectivity index is 2.09. The molecule has 0 fully saturated rings. The van der Waals surface area contributed by atoms with Gasteiger partial charge in [0.15, 0.2) is 0 Å². The minimum atomic E-state index is 0.0802. The Morgan fingerprint density at radius 3 is 3.06 bits per heavy atom. The van der Waals surface area contributed by atoms with Gasteiger partial charge in [0.05, 0.1) is 37.0 Å². The molecule has 0 spiro atoms. The Hall–Kier alpha value is -0.430. The first-order valence-corrected chi connectivity index (χ1v) is 6.11. The third-order valence-electron chi connectivity index (χ3n) is 2.04. The number of rotatable bonds is 8. The number of aliphatic hydroxyl groups is 1. The van der Waals surface area contributed by atoms with Crippen molar-refractivity contribution in [2.45, 2.75) is 19.5 Å². The topological polar surface area (TPSA) is 59.3 Å². The molecule has 0 radical (unpaired) electrons. The van der Waals surface area contributed by atoms with Crippen LogP contribution in [-0.4, -0.2) is 47.3 Å². The summed E-state index contributed by atoms with van der Waals surface area (Å²) in [6.45, 7) is 4.81.